The van der Waals surface area contributed by atoms with Gasteiger partial charge in [-0.2, -0.15) is 0 Å². The topological polar surface area (TPSA) is 17.1 Å². The summed E-state index contributed by atoms with van der Waals surface area (Å²) in [5.74, 6) is 1.89. The molecule has 0 aliphatic heterocycles. The van der Waals surface area contributed by atoms with Crippen LogP contribution in [0, 0.1) is 17.3 Å². The van der Waals surface area contributed by atoms with E-state index < -0.39 is 0 Å². The summed E-state index contributed by atoms with van der Waals surface area (Å²) >= 11 is 0. The molecule has 0 aromatic heterocycles. The Morgan fingerprint density at radius 3 is 1.53 bits per heavy atom. The molecule has 0 amide bonds. The fourth-order valence-electron chi connectivity index (χ4n) is 2.82. The lowest BCUT2D eigenvalue weighted by Gasteiger charge is -2.44. The molecule has 0 bridgehead atoms. The van der Waals surface area contributed by atoms with Crippen molar-refractivity contribution >= 4 is 5.78 Å². The zero-order chi connectivity index (χ0) is 12.1. The molecule has 0 unspecified atom stereocenters. The molecular weight excluding hydrogens is 184 g/mol. The highest BCUT2D eigenvalue weighted by Crippen LogP contribution is 2.47. The molecule has 0 saturated heterocycles. The largest absolute Gasteiger partial charge is 0.300 e. The van der Waals surface area contributed by atoms with E-state index in [1.165, 1.54) is 0 Å². The van der Waals surface area contributed by atoms with E-state index in [9.17, 15) is 4.79 Å². The molecule has 0 atom stereocenters. The molecule has 1 aliphatic carbocycles. The van der Waals surface area contributed by atoms with Gasteiger partial charge in [-0.25, -0.2) is 0 Å². The van der Waals surface area contributed by atoms with Crippen molar-refractivity contribution in [2.45, 2.75) is 67.2 Å². The standard InChI is InChI=1S/C12H22O.C2H6/c1-9(2)12(10(3)4)7-5-11(13)6-8-12;1-2/h9-10H,5-8H2,1-4H3;1-2H3. The van der Waals surface area contributed by atoms with Gasteiger partial charge in [0, 0.05) is 12.8 Å². The van der Waals surface area contributed by atoms with Crippen LogP contribution in [-0.4, -0.2) is 5.78 Å². The van der Waals surface area contributed by atoms with Crippen LogP contribution in [0.15, 0.2) is 0 Å². The number of carbonyl (C=O) groups excluding carboxylic acids is 1. The Labute approximate surface area is 95.6 Å². The molecule has 0 radical (unpaired) electrons. The number of Topliss-reactive ketones (excluding diaryl/α,β-unsaturated/α-hetero) is 1. The molecule has 1 aliphatic rings. The Kier molecular flexibility index (Phi) is 6.16. The van der Waals surface area contributed by atoms with Gasteiger partial charge in [0.1, 0.15) is 5.78 Å². The van der Waals surface area contributed by atoms with E-state index in [4.69, 9.17) is 0 Å². The highest BCUT2D eigenvalue weighted by molar-refractivity contribution is 5.79. The second kappa shape index (κ2) is 6.30. The zero-order valence-electron chi connectivity index (χ0n) is 11.4. The van der Waals surface area contributed by atoms with Crippen molar-refractivity contribution in [3.05, 3.63) is 0 Å². The van der Waals surface area contributed by atoms with Gasteiger partial charge in [0.25, 0.3) is 0 Å². The fourth-order valence-corrected chi connectivity index (χ4v) is 2.82. The highest BCUT2D eigenvalue weighted by atomic mass is 16.1. The molecule has 90 valence electrons. The number of hydrogen-bond donors (Lipinski definition) is 0. The molecule has 0 aromatic rings. The summed E-state index contributed by atoms with van der Waals surface area (Å²) < 4.78 is 0. The molecule has 0 spiro atoms. The summed E-state index contributed by atoms with van der Waals surface area (Å²) in [5, 5.41) is 0. The number of ketones is 1. The molecule has 0 aromatic carbocycles. The maximum Gasteiger partial charge on any atom is 0.132 e. The van der Waals surface area contributed by atoms with Gasteiger partial charge in [-0.05, 0) is 30.1 Å². The van der Waals surface area contributed by atoms with Crippen molar-refractivity contribution in [2.24, 2.45) is 17.3 Å². The quantitative estimate of drug-likeness (QED) is 0.660. The minimum absolute atomic E-state index is 0.438. The Hall–Kier alpha value is -0.330. The Balaban J connectivity index is 0.000000921. The smallest absolute Gasteiger partial charge is 0.132 e. The predicted molar refractivity (Wildman–Crippen MR) is 66.9 cm³/mol. The van der Waals surface area contributed by atoms with Gasteiger partial charge in [0.2, 0.25) is 0 Å². The maximum atomic E-state index is 11.2. The first-order valence-electron chi connectivity index (χ1n) is 6.51. The van der Waals surface area contributed by atoms with E-state index in [-0.39, 0.29) is 0 Å². The normalized spacial score (nSPS) is 20.1. The minimum atomic E-state index is 0.438. The van der Waals surface area contributed by atoms with Crippen LogP contribution < -0.4 is 0 Å². The third-order valence-corrected chi connectivity index (χ3v) is 4.04. The monoisotopic (exact) mass is 212 g/mol. The van der Waals surface area contributed by atoms with Crippen molar-refractivity contribution in [3.8, 4) is 0 Å². The zero-order valence-corrected chi connectivity index (χ0v) is 11.4. The Morgan fingerprint density at radius 2 is 1.27 bits per heavy atom. The molecule has 1 rings (SSSR count). The van der Waals surface area contributed by atoms with Crippen molar-refractivity contribution < 1.29 is 4.79 Å². The van der Waals surface area contributed by atoms with E-state index in [0.29, 0.717) is 23.0 Å². The average molecular weight is 212 g/mol. The number of carbonyl (C=O) groups is 1. The van der Waals surface area contributed by atoms with Gasteiger partial charge in [-0.1, -0.05) is 41.5 Å². The summed E-state index contributed by atoms with van der Waals surface area (Å²) in [7, 11) is 0. The average Bonchev–Trinajstić information content (AvgIpc) is 2.21. The van der Waals surface area contributed by atoms with Crippen LogP contribution >= 0.6 is 0 Å². The van der Waals surface area contributed by atoms with Crippen LogP contribution in [0.5, 0.6) is 0 Å². The molecule has 1 nitrogen and oxygen atoms in total. The van der Waals surface area contributed by atoms with Gasteiger partial charge in [0.05, 0.1) is 0 Å². The summed E-state index contributed by atoms with van der Waals surface area (Å²) in [6, 6.07) is 0. The van der Waals surface area contributed by atoms with Crippen molar-refractivity contribution in [1.29, 1.82) is 0 Å². The Bertz CT molecular complexity index is 172. The van der Waals surface area contributed by atoms with Crippen LogP contribution in [-0.2, 0) is 4.79 Å². The second-order valence-corrected chi connectivity index (χ2v) is 5.08. The lowest BCUT2D eigenvalue weighted by molar-refractivity contribution is -0.124. The summed E-state index contributed by atoms with van der Waals surface area (Å²) in [6.07, 6.45) is 3.86. The lowest BCUT2D eigenvalue weighted by Crippen LogP contribution is -2.37. The van der Waals surface area contributed by atoms with Crippen molar-refractivity contribution in [1.82, 2.24) is 0 Å². The van der Waals surface area contributed by atoms with Gasteiger partial charge in [0.15, 0.2) is 0 Å². The van der Waals surface area contributed by atoms with Gasteiger partial charge in [-0.3, -0.25) is 4.79 Å². The number of hydrogen-bond acceptors (Lipinski definition) is 1. The van der Waals surface area contributed by atoms with E-state index in [2.05, 4.69) is 27.7 Å². The molecule has 15 heavy (non-hydrogen) atoms. The van der Waals surface area contributed by atoms with E-state index in [0.717, 1.165) is 25.7 Å². The Morgan fingerprint density at radius 1 is 0.933 bits per heavy atom. The summed E-state index contributed by atoms with van der Waals surface area (Å²) in [5.41, 5.74) is 0.438. The molecule has 1 fully saturated rings. The summed E-state index contributed by atoms with van der Waals surface area (Å²) in [4.78, 5) is 11.2. The number of rotatable bonds is 2. The molecule has 0 heterocycles. The van der Waals surface area contributed by atoms with Gasteiger partial charge < -0.3 is 0 Å². The molecule has 1 heteroatoms. The van der Waals surface area contributed by atoms with E-state index in [1.807, 2.05) is 13.8 Å². The van der Waals surface area contributed by atoms with Gasteiger partial charge >= 0.3 is 0 Å². The first kappa shape index (κ1) is 14.7. The van der Waals surface area contributed by atoms with E-state index >= 15 is 0 Å². The lowest BCUT2D eigenvalue weighted by atomic mass is 9.61. The minimum Gasteiger partial charge on any atom is -0.300 e. The first-order chi connectivity index (χ1) is 6.99. The molecular formula is C14H28O. The van der Waals surface area contributed by atoms with Crippen LogP contribution in [0.25, 0.3) is 0 Å². The third kappa shape index (κ3) is 3.32. The molecule has 0 N–H and O–H groups in total. The fraction of sp³-hybridized carbons (Fsp3) is 0.929. The predicted octanol–water partition coefficient (Wildman–Crippen LogP) is 4.45. The highest BCUT2D eigenvalue weighted by Gasteiger charge is 2.39. The van der Waals surface area contributed by atoms with Crippen LogP contribution in [0.3, 0.4) is 0 Å². The SMILES string of the molecule is CC.CC(C)C1(C(C)C)CCC(=O)CC1. The first-order valence-corrected chi connectivity index (χ1v) is 6.51. The third-order valence-electron chi connectivity index (χ3n) is 4.04. The van der Waals surface area contributed by atoms with Gasteiger partial charge in [-0.15, -0.1) is 0 Å². The maximum absolute atomic E-state index is 11.2. The van der Waals surface area contributed by atoms with Crippen molar-refractivity contribution in [2.75, 3.05) is 0 Å². The van der Waals surface area contributed by atoms with Crippen LogP contribution in [0.2, 0.25) is 0 Å². The van der Waals surface area contributed by atoms with E-state index in [1.54, 1.807) is 0 Å². The molecule has 1 saturated carbocycles. The van der Waals surface area contributed by atoms with Crippen LogP contribution in [0.1, 0.15) is 67.2 Å². The van der Waals surface area contributed by atoms with Crippen molar-refractivity contribution in [3.63, 3.8) is 0 Å². The summed E-state index contributed by atoms with van der Waals surface area (Å²) in [6.45, 7) is 13.2. The van der Waals surface area contributed by atoms with Crippen LogP contribution in [0.4, 0.5) is 0 Å². The second-order valence-electron chi connectivity index (χ2n) is 5.08.